The molecule has 1 aliphatic heterocycles. The van der Waals surface area contributed by atoms with Crippen molar-refractivity contribution in [3.63, 3.8) is 0 Å². The lowest BCUT2D eigenvalue weighted by molar-refractivity contribution is -0.147. The van der Waals surface area contributed by atoms with Gasteiger partial charge in [-0.2, -0.15) is 0 Å². The number of methoxy groups -OCH3 is 2. The average molecular weight is 448 g/mol. The van der Waals surface area contributed by atoms with Gasteiger partial charge in [-0.05, 0) is 30.2 Å². The normalized spacial score (nSPS) is 18.5. The van der Waals surface area contributed by atoms with Crippen LogP contribution in [0, 0.1) is 5.92 Å². The fourth-order valence-corrected chi connectivity index (χ4v) is 3.96. The molecule has 1 N–H and O–H groups in total. The number of benzene rings is 2. The maximum atomic E-state index is 13.4. The third-order valence-corrected chi connectivity index (χ3v) is 5.26. The molecule has 2 atom stereocenters. The molecule has 7 nitrogen and oxygen atoms in total. The summed E-state index contributed by atoms with van der Waals surface area (Å²) >= 11 is 6.32. The van der Waals surface area contributed by atoms with E-state index in [4.69, 9.17) is 25.8 Å². The fourth-order valence-electron chi connectivity index (χ4n) is 3.78. The molecule has 0 fully saturated rings. The van der Waals surface area contributed by atoms with Crippen LogP contribution in [-0.4, -0.2) is 43.9 Å². The number of ether oxygens (including phenoxy) is 3. The first-order valence-corrected chi connectivity index (χ1v) is 10.3. The number of fused-ring (bicyclic) bond motifs is 1. The maximum absolute atomic E-state index is 13.4. The van der Waals surface area contributed by atoms with Crippen molar-refractivity contribution in [3.05, 3.63) is 52.5 Å². The molecular formula is C23H26ClNO6. The number of rotatable bonds is 7. The van der Waals surface area contributed by atoms with E-state index in [0.29, 0.717) is 39.9 Å². The molecule has 31 heavy (non-hydrogen) atoms. The van der Waals surface area contributed by atoms with E-state index >= 15 is 0 Å². The van der Waals surface area contributed by atoms with Crippen LogP contribution < -0.4 is 14.4 Å². The second-order valence-electron chi connectivity index (χ2n) is 7.73. The van der Waals surface area contributed by atoms with Gasteiger partial charge < -0.3 is 24.2 Å². The molecule has 0 aliphatic carbocycles. The number of hydrogen-bond acceptors (Lipinski definition) is 5. The predicted molar refractivity (Wildman–Crippen MR) is 117 cm³/mol. The lowest BCUT2D eigenvalue weighted by atomic mass is 9.97. The van der Waals surface area contributed by atoms with Crippen molar-refractivity contribution < 1.29 is 28.9 Å². The van der Waals surface area contributed by atoms with Gasteiger partial charge in [0.15, 0.2) is 11.5 Å². The Morgan fingerprint density at radius 3 is 2.55 bits per heavy atom. The minimum absolute atomic E-state index is 0.154. The SMILES string of the molecule is COc1cccc([C@H]2O[C@H](CC(=O)O)C(=O)N(CC(C)C)c3ccc(Cl)cc32)c1OC. The number of para-hydroxylation sites is 1. The number of carbonyl (C=O) groups is 2. The highest BCUT2D eigenvalue weighted by Gasteiger charge is 2.39. The van der Waals surface area contributed by atoms with Crippen molar-refractivity contribution in [1.82, 2.24) is 0 Å². The molecule has 1 heterocycles. The number of aliphatic carboxylic acids is 1. The van der Waals surface area contributed by atoms with Crippen molar-refractivity contribution in [2.24, 2.45) is 5.92 Å². The summed E-state index contributed by atoms with van der Waals surface area (Å²) < 4.78 is 17.2. The third kappa shape index (κ3) is 4.78. The van der Waals surface area contributed by atoms with Gasteiger partial charge in [-0.1, -0.05) is 37.6 Å². The monoisotopic (exact) mass is 447 g/mol. The van der Waals surface area contributed by atoms with Crippen LogP contribution in [0.25, 0.3) is 0 Å². The third-order valence-electron chi connectivity index (χ3n) is 5.03. The highest BCUT2D eigenvalue weighted by atomic mass is 35.5. The highest BCUT2D eigenvalue weighted by Crippen LogP contribution is 2.45. The van der Waals surface area contributed by atoms with Gasteiger partial charge in [-0.15, -0.1) is 0 Å². The Morgan fingerprint density at radius 1 is 1.19 bits per heavy atom. The summed E-state index contributed by atoms with van der Waals surface area (Å²) in [7, 11) is 3.05. The van der Waals surface area contributed by atoms with Crippen LogP contribution in [0.15, 0.2) is 36.4 Å². The lowest BCUT2D eigenvalue weighted by Crippen LogP contribution is -2.42. The Hall–Kier alpha value is -2.77. The standard InChI is InChI=1S/C23H26ClNO6/c1-13(2)12-25-17-9-8-14(24)10-16(17)21(31-19(23(25)28)11-20(26)27)15-6-5-7-18(29-3)22(15)30-4/h5-10,13,19,21H,11-12H2,1-4H3,(H,26,27)/t19-,21-/m1/s1. The Balaban J connectivity index is 2.25. The van der Waals surface area contributed by atoms with E-state index in [2.05, 4.69) is 0 Å². The summed E-state index contributed by atoms with van der Waals surface area (Å²) in [6.07, 6.45) is -2.43. The van der Waals surface area contributed by atoms with Gasteiger partial charge >= 0.3 is 5.97 Å². The molecule has 8 heteroatoms. The molecule has 0 unspecified atom stereocenters. The summed E-state index contributed by atoms with van der Waals surface area (Å²) in [5.41, 5.74) is 1.90. The number of nitrogens with zero attached hydrogens (tertiary/aromatic N) is 1. The molecule has 2 aromatic carbocycles. The first kappa shape index (κ1) is 22.9. The summed E-state index contributed by atoms with van der Waals surface area (Å²) in [6, 6.07) is 10.6. The van der Waals surface area contributed by atoms with Gasteiger partial charge in [-0.25, -0.2) is 0 Å². The summed E-state index contributed by atoms with van der Waals surface area (Å²) in [5, 5.41) is 9.90. The van der Waals surface area contributed by atoms with E-state index in [9.17, 15) is 14.7 Å². The molecule has 1 amide bonds. The van der Waals surface area contributed by atoms with Crippen molar-refractivity contribution in [1.29, 1.82) is 0 Å². The second kappa shape index (κ2) is 9.58. The number of carboxylic acid groups (broad SMARTS) is 1. The number of carbonyl (C=O) groups excluding carboxylic acids is 1. The predicted octanol–water partition coefficient (Wildman–Crippen LogP) is 4.31. The van der Waals surface area contributed by atoms with Crippen molar-refractivity contribution in [2.45, 2.75) is 32.5 Å². The van der Waals surface area contributed by atoms with Crippen molar-refractivity contribution >= 4 is 29.2 Å². The van der Waals surface area contributed by atoms with E-state index in [1.54, 1.807) is 41.3 Å². The van der Waals surface area contributed by atoms with Crippen LogP contribution >= 0.6 is 11.6 Å². The maximum Gasteiger partial charge on any atom is 0.306 e. The van der Waals surface area contributed by atoms with Crippen LogP contribution in [0.5, 0.6) is 11.5 Å². The first-order valence-electron chi connectivity index (χ1n) is 9.95. The molecule has 0 bridgehead atoms. The zero-order valence-corrected chi connectivity index (χ0v) is 18.7. The summed E-state index contributed by atoms with van der Waals surface area (Å²) in [6.45, 7) is 4.39. The fraction of sp³-hybridized carbons (Fsp3) is 0.391. The Kier molecular flexibility index (Phi) is 7.08. The number of anilines is 1. The first-order chi connectivity index (χ1) is 14.8. The van der Waals surface area contributed by atoms with Crippen LogP contribution in [0.1, 0.15) is 37.5 Å². The Morgan fingerprint density at radius 2 is 1.94 bits per heavy atom. The van der Waals surface area contributed by atoms with Gasteiger partial charge in [-0.3, -0.25) is 9.59 Å². The molecule has 0 saturated heterocycles. The zero-order chi connectivity index (χ0) is 22.7. The zero-order valence-electron chi connectivity index (χ0n) is 17.9. The topological polar surface area (TPSA) is 85.3 Å². The average Bonchev–Trinajstić information content (AvgIpc) is 2.82. The van der Waals surface area contributed by atoms with Crippen LogP contribution in [0.3, 0.4) is 0 Å². The smallest absolute Gasteiger partial charge is 0.306 e. The number of carboxylic acids is 1. The van der Waals surface area contributed by atoms with Gasteiger partial charge in [0.05, 0.1) is 20.6 Å². The molecule has 1 aliphatic rings. The lowest BCUT2D eigenvalue weighted by Gasteiger charge is -2.26. The number of amides is 1. The molecule has 3 rings (SSSR count). The minimum Gasteiger partial charge on any atom is -0.493 e. The van der Waals surface area contributed by atoms with Gasteiger partial charge in [0.25, 0.3) is 5.91 Å². The molecular weight excluding hydrogens is 422 g/mol. The van der Waals surface area contributed by atoms with E-state index in [1.807, 2.05) is 13.8 Å². The van der Waals surface area contributed by atoms with E-state index in [-0.39, 0.29) is 5.92 Å². The van der Waals surface area contributed by atoms with Crippen LogP contribution in [-0.2, 0) is 14.3 Å². The molecule has 166 valence electrons. The van der Waals surface area contributed by atoms with E-state index < -0.39 is 30.5 Å². The van der Waals surface area contributed by atoms with Crippen molar-refractivity contribution in [3.8, 4) is 11.5 Å². The van der Waals surface area contributed by atoms with Gasteiger partial charge in [0, 0.05) is 28.4 Å². The quantitative estimate of drug-likeness (QED) is 0.680. The largest absolute Gasteiger partial charge is 0.493 e. The van der Waals surface area contributed by atoms with Gasteiger partial charge in [0.1, 0.15) is 12.2 Å². The second-order valence-corrected chi connectivity index (χ2v) is 8.17. The molecule has 2 aromatic rings. The Labute approximate surface area is 186 Å². The van der Waals surface area contributed by atoms with Crippen molar-refractivity contribution in [2.75, 3.05) is 25.7 Å². The number of hydrogen-bond donors (Lipinski definition) is 1. The van der Waals surface area contributed by atoms with Crippen LogP contribution in [0.2, 0.25) is 5.02 Å². The number of halogens is 1. The summed E-state index contributed by atoms with van der Waals surface area (Å²) in [5.74, 6) is -0.426. The molecule has 0 spiro atoms. The van der Waals surface area contributed by atoms with Gasteiger partial charge in [0.2, 0.25) is 0 Å². The Bertz CT molecular complexity index is 977. The summed E-state index contributed by atoms with van der Waals surface area (Å²) in [4.78, 5) is 26.5. The molecule has 0 aromatic heterocycles. The molecule has 0 saturated carbocycles. The van der Waals surface area contributed by atoms with E-state index in [1.165, 1.54) is 14.2 Å². The van der Waals surface area contributed by atoms with E-state index in [0.717, 1.165) is 0 Å². The highest BCUT2D eigenvalue weighted by molar-refractivity contribution is 6.30. The molecule has 0 radical (unpaired) electrons. The van der Waals surface area contributed by atoms with Crippen LogP contribution in [0.4, 0.5) is 5.69 Å². The minimum atomic E-state index is -1.18.